The molecule has 0 saturated carbocycles. The predicted molar refractivity (Wildman–Crippen MR) is 70.1 cm³/mol. The molecule has 0 aliphatic carbocycles. The molecule has 0 bridgehead atoms. The number of rotatable bonds is 3. The summed E-state index contributed by atoms with van der Waals surface area (Å²) in [6, 6.07) is 15.7. The number of hydrogen-bond donors (Lipinski definition) is 0. The molecule has 1 radical (unpaired) electrons. The number of carbonyl (C=O) groups excluding carboxylic acids is 1. The zero-order valence-electron chi connectivity index (χ0n) is 9.71. The van der Waals surface area contributed by atoms with Crippen LogP contribution in [0.25, 0.3) is 11.0 Å². The second kappa shape index (κ2) is 4.45. The summed E-state index contributed by atoms with van der Waals surface area (Å²) in [5.74, 6) is 0. The van der Waals surface area contributed by atoms with Gasteiger partial charge in [0.05, 0.1) is 22.9 Å². The molecule has 1 aromatic heterocycles. The van der Waals surface area contributed by atoms with Crippen LogP contribution >= 0.6 is 0 Å². The van der Waals surface area contributed by atoms with E-state index in [1.807, 2.05) is 41.2 Å². The first-order valence-corrected chi connectivity index (χ1v) is 5.74. The van der Waals surface area contributed by atoms with Crippen molar-refractivity contribution in [2.45, 2.75) is 6.54 Å². The van der Waals surface area contributed by atoms with Crippen LogP contribution in [0.2, 0.25) is 0 Å². The first-order valence-electron chi connectivity index (χ1n) is 5.74. The van der Waals surface area contributed by atoms with Crippen molar-refractivity contribution in [3.05, 3.63) is 66.0 Å². The zero-order chi connectivity index (χ0) is 12.4. The molecule has 0 unspecified atom stereocenters. The van der Waals surface area contributed by atoms with Crippen molar-refractivity contribution in [3.8, 4) is 0 Å². The number of para-hydroxylation sites is 1. The van der Waals surface area contributed by atoms with Gasteiger partial charge in [0.15, 0.2) is 0 Å². The molecule has 0 amide bonds. The zero-order valence-corrected chi connectivity index (χ0v) is 9.71. The number of nitrogens with zero attached hydrogens (tertiary/aromatic N) is 2. The van der Waals surface area contributed by atoms with E-state index in [0.717, 1.165) is 12.1 Å². The molecule has 3 nitrogen and oxygen atoms in total. The second-order valence-corrected chi connectivity index (χ2v) is 4.13. The van der Waals surface area contributed by atoms with Crippen LogP contribution in [0.1, 0.15) is 11.1 Å². The van der Waals surface area contributed by atoms with Crippen LogP contribution in [0.3, 0.4) is 0 Å². The summed E-state index contributed by atoms with van der Waals surface area (Å²) in [5, 5.41) is 0. The van der Waals surface area contributed by atoms with Crippen molar-refractivity contribution in [2.24, 2.45) is 0 Å². The predicted octanol–water partition coefficient (Wildman–Crippen LogP) is 2.54. The normalized spacial score (nSPS) is 10.7. The van der Waals surface area contributed by atoms with Crippen LogP contribution in [-0.4, -0.2) is 15.8 Å². The Labute approximate surface area is 105 Å². The lowest BCUT2D eigenvalue weighted by Crippen LogP contribution is -1.97. The maximum absolute atomic E-state index is 10.8. The quantitative estimate of drug-likeness (QED) is 0.699. The van der Waals surface area contributed by atoms with Gasteiger partial charge in [0.1, 0.15) is 0 Å². The van der Waals surface area contributed by atoms with Gasteiger partial charge in [-0.1, -0.05) is 36.4 Å². The SMILES string of the molecule is O=[C]c1cccc2c1ncn2Cc1ccccc1. The Kier molecular flexibility index (Phi) is 2.65. The first-order chi connectivity index (χ1) is 8.88. The molecule has 18 heavy (non-hydrogen) atoms. The van der Waals surface area contributed by atoms with E-state index in [0.29, 0.717) is 11.1 Å². The van der Waals surface area contributed by atoms with Gasteiger partial charge in [0.25, 0.3) is 0 Å². The fraction of sp³-hybridized carbons (Fsp3) is 0.0667. The lowest BCUT2D eigenvalue weighted by atomic mass is 10.2. The number of fused-ring (bicyclic) bond motifs is 1. The van der Waals surface area contributed by atoms with Gasteiger partial charge in [-0.25, -0.2) is 4.98 Å². The van der Waals surface area contributed by atoms with E-state index in [2.05, 4.69) is 17.1 Å². The van der Waals surface area contributed by atoms with Gasteiger partial charge >= 0.3 is 0 Å². The van der Waals surface area contributed by atoms with Crippen molar-refractivity contribution < 1.29 is 4.79 Å². The van der Waals surface area contributed by atoms with E-state index in [1.165, 1.54) is 5.56 Å². The topological polar surface area (TPSA) is 34.9 Å². The molecule has 0 aliphatic heterocycles. The fourth-order valence-electron chi connectivity index (χ4n) is 2.08. The van der Waals surface area contributed by atoms with Crippen LogP contribution < -0.4 is 0 Å². The lowest BCUT2D eigenvalue weighted by molar-refractivity contribution is 0.563. The fourth-order valence-corrected chi connectivity index (χ4v) is 2.08. The second-order valence-electron chi connectivity index (χ2n) is 4.13. The average molecular weight is 235 g/mol. The van der Waals surface area contributed by atoms with Gasteiger partial charge in [0, 0.05) is 6.54 Å². The first kappa shape index (κ1) is 10.7. The third-order valence-corrected chi connectivity index (χ3v) is 2.96. The van der Waals surface area contributed by atoms with E-state index < -0.39 is 0 Å². The average Bonchev–Trinajstić information content (AvgIpc) is 2.83. The number of imidazole rings is 1. The molecule has 0 saturated heterocycles. The highest BCUT2D eigenvalue weighted by atomic mass is 16.1. The van der Waals surface area contributed by atoms with Crippen LogP contribution in [-0.2, 0) is 11.3 Å². The number of aromatic nitrogens is 2. The minimum absolute atomic E-state index is 0.513. The molecule has 0 N–H and O–H groups in total. The van der Waals surface area contributed by atoms with Crippen molar-refractivity contribution in [1.82, 2.24) is 9.55 Å². The molecule has 0 fully saturated rings. The Morgan fingerprint density at radius 2 is 1.89 bits per heavy atom. The van der Waals surface area contributed by atoms with Crippen molar-refractivity contribution in [2.75, 3.05) is 0 Å². The number of benzene rings is 2. The molecule has 0 spiro atoms. The van der Waals surface area contributed by atoms with Gasteiger partial charge in [-0.2, -0.15) is 0 Å². The maximum atomic E-state index is 10.8. The maximum Gasteiger partial charge on any atom is 0.235 e. The van der Waals surface area contributed by atoms with Gasteiger partial charge in [0.2, 0.25) is 6.29 Å². The van der Waals surface area contributed by atoms with Crippen molar-refractivity contribution >= 4 is 17.3 Å². The Morgan fingerprint density at radius 1 is 1.06 bits per heavy atom. The minimum atomic E-state index is 0.513. The standard InChI is InChI=1S/C15H11N2O/c18-10-13-7-4-8-14-15(13)16-11-17(14)9-12-5-2-1-3-6-12/h1-8,11H,9H2. The largest absolute Gasteiger partial charge is 0.326 e. The lowest BCUT2D eigenvalue weighted by Gasteiger charge is -2.04. The molecule has 0 atom stereocenters. The summed E-state index contributed by atoms with van der Waals surface area (Å²) >= 11 is 0. The summed E-state index contributed by atoms with van der Waals surface area (Å²) in [6.45, 7) is 0.750. The van der Waals surface area contributed by atoms with Gasteiger partial charge in [-0.15, -0.1) is 0 Å². The Morgan fingerprint density at radius 3 is 2.67 bits per heavy atom. The van der Waals surface area contributed by atoms with Crippen molar-refractivity contribution in [1.29, 1.82) is 0 Å². The van der Waals surface area contributed by atoms with E-state index in [9.17, 15) is 4.79 Å². The van der Waals surface area contributed by atoms with Gasteiger partial charge in [-0.3, -0.25) is 4.79 Å². The monoisotopic (exact) mass is 235 g/mol. The molecule has 3 rings (SSSR count). The molecular formula is C15H11N2O. The third-order valence-electron chi connectivity index (χ3n) is 2.96. The molecule has 2 aromatic carbocycles. The smallest absolute Gasteiger partial charge is 0.235 e. The van der Waals surface area contributed by atoms with E-state index in [4.69, 9.17) is 0 Å². The van der Waals surface area contributed by atoms with Crippen LogP contribution in [0, 0.1) is 0 Å². The highest BCUT2D eigenvalue weighted by molar-refractivity contribution is 5.94. The van der Waals surface area contributed by atoms with Crippen LogP contribution in [0.4, 0.5) is 0 Å². The highest BCUT2D eigenvalue weighted by Gasteiger charge is 2.07. The van der Waals surface area contributed by atoms with Gasteiger partial charge in [-0.05, 0) is 17.7 Å². The summed E-state index contributed by atoms with van der Waals surface area (Å²) in [7, 11) is 0. The molecule has 1 heterocycles. The highest BCUT2D eigenvalue weighted by Crippen LogP contribution is 2.17. The van der Waals surface area contributed by atoms with Crippen molar-refractivity contribution in [3.63, 3.8) is 0 Å². The summed E-state index contributed by atoms with van der Waals surface area (Å²) in [6.07, 6.45) is 3.68. The summed E-state index contributed by atoms with van der Waals surface area (Å²) in [4.78, 5) is 15.1. The molecule has 0 aliphatic rings. The molecule has 87 valence electrons. The van der Waals surface area contributed by atoms with E-state index in [1.54, 1.807) is 12.4 Å². The summed E-state index contributed by atoms with van der Waals surface area (Å²) < 4.78 is 2.03. The Balaban J connectivity index is 2.06. The van der Waals surface area contributed by atoms with Gasteiger partial charge < -0.3 is 4.57 Å². The van der Waals surface area contributed by atoms with E-state index in [-0.39, 0.29) is 0 Å². The Hall–Kier alpha value is -2.42. The summed E-state index contributed by atoms with van der Waals surface area (Å²) in [5.41, 5.74) is 3.39. The molecule has 3 aromatic rings. The molecular weight excluding hydrogens is 224 g/mol. The van der Waals surface area contributed by atoms with E-state index >= 15 is 0 Å². The third kappa shape index (κ3) is 1.80. The Bertz CT molecular complexity index is 686. The minimum Gasteiger partial charge on any atom is -0.326 e. The number of hydrogen-bond acceptors (Lipinski definition) is 2. The molecule has 3 heteroatoms. The van der Waals surface area contributed by atoms with Crippen LogP contribution in [0.15, 0.2) is 54.9 Å². The van der Waals surface area contributed by atoms with Crippen LogP contribution in [0.5, 0.6) is 0 Å².